The molecule has 104 valence electrons. The van der Waals surface area contributed by atoms with Crippen LogP contribution in [0.25, 0.3) is 0 Å². The molecular weight excluding hydrogens is 250 g/mol. The van der Waals surface area contributed by atoms with E-state index in [0.29, 0.717) is 26.4 Å². The molecule has 0 unspecified atom stereocenters. The van der Waals surface area contributed by atoms with Gasteiger partial charge in [0.2, 0.25) is 0 Å². The smallest absolute Gasteiger partial charge is 0.0701 e. The van der Waals surface area contributed by atoms with Gasteiger partial charge >= 0.3 is 0 Å². The molecule has 0 bridgehead atoms. The molecule has 0 radical (unpaired) electrons. The van der Waals surface area contributed by atoms with Crippen LogP contribution in [0.3, 0.4) is 0 Å². The van der Waals surface area contributed by atoms with Crippen LogP contribution in [0.4, 0.5) is 0 Å². The van der Waals surface area contributed by atoms with Crippen molar-refractivity contribution in [1.82, 2.24) is 5.32 Å². The molecule has 1 N–H and O–H groups in total. The standard InChI is InChI=1S/C13H23NO3S/c1-15-7-8-17-10-9-16-6-5-14-4-2-13-3-11-18-12-13/h3,11-12,14H,2,4-10H2,1H3. The summed E-state index contributed by atoms with van der Waals surface area (Å²) in [5.41, 5.74) is 1.40. The predicted octanol–water partition coefficient (Wildman–Crippen LogP) is 1.56. The zero-order chi connectivity index (χ0) is 12.9. The fraction of sp³-hybridized carbons (Fsp3) is 0.692. The third-order valence-electron chi connectivity index (χ3n) is 2.40. The van der Waals surface area contributed by atoms with E-state index in [1.165, 1.54) is 5.56 Å². The van der Waals surface area contributed by atoms with Crippen molar-refractivity contribution in [3.05, 3.63) is 22.4 Å². The van der Waals surface area contributed by atoms with Crippen LogP contribution < -0.4 is 5.32 Å². The minimum absolute atomic E-state index is 0.637. The molecule has 0 spiro atoms. The molecule has 18 heavy (non-hydrogen) atoms. The van der Waals surface area contributed by atoms with Crippen LogP contribution in [-0.4, -0.2) is 53.2 Å². The summed E-state index contributed by atoms with van der Waals surface area (Å²) in [4.78, 5) is 0. The van der Waals surface area contributed by atoms with Crippen LogP contribution >= 0.6 is 11.3 Å². The van der Waals surface area contributed by atoms with Crippen LogP contribution in [0, 0.1) is 0 Å². The predicted molar refractivity (Wildman–Crippen MR) is 74.4 cm³/mol. The number of thiophene rings is 1. The zero-order valence-electron chi connectivity index (χ0n) is 11.0. The molecule has 0 fully saturated rings. The molecule has 0 atom stereocenters. The summed E-state index contributed by atoms with van der Waals surface area (Å²) in [7, 11) is 1.67. The molecule has 0 aliphatic heterocycles. The van der Waals surface area contributed by atoms with Crippen LogP contribution in [0.15, 0.2) is 16.8 Å². The van der Waals surface area contributed by atoms with Crippen LogP contribution in [0.2, 0.25) is 0 Å². The number of hydrogen-bond acceptors (Lipinski definition) is 5. The zero-order valence-corrected chi connectivity index (χ0v) is 11.8. The van der Waals surface area contributed by atoms with Gasteiger partial charge < -0.3 is 19.5 Å². The SMILES string of the molecule is COCCOCCOCCNCCc1ccsc1. The first-order valence-electron chi connectivity index (χ1n) is 6.29. The normalized spacial score (nSPS) is 10.9. The Balaban J connectivity index is 1.73. The number of hydrogen-bond donors (Lipinski definition) is 1. The van der Waals surface area contributed by atoms with Crippen molar-refractivity contribution in [1.29, 1.82) is 0 Å². The van der Waals surface area contributed by atoms with Crippen molar-refractivity contribution in [3.8, 4) is 0 Å². The summed E-state index contributed by atoms with van der Waals surface area (Å²) in [6, 6.07) is 2.17. The molecular formula is C13H23NO3S. The van der Waals surface area contributed by atoms with Gasteiger partial charge in [0.15, 0.2) is 0 Å². The van der Waals surface area contributed by atoms with E-state index in [4.69, 9.17) is 14.2 Å². The second kappa shape index (κ2) is 11.6. The molecule has 1 rings (SSSR count). The first-order valence-corrected chi connectivity index (χ1v) is 7.24. The molecule has 0 aliphatic carbocycles. The monoisotopic (exact) mass is 273 g/mol. The highest BCUT2D eigenvalue weighted by Gasteiger charge is 1.93. The number of nitrogens with one attached hydrogen (secondary N) is 1. The summed E-state index contributed by atoms with van der Waals surface area (Å²) >= 11 is 1.75. The summed E-state index contributed by atoms with van der Waals surface area (Å²) in [5, 5.41) is 7.66. The topological polar surface area (TPSA) is 39.7 Å². The lowest BCUT2D eigenvalue weighted by Gasteiger charge is -2.06. The van der Waals surface area contributed by atoms with Crippen molar-refractivity contribution >= 4 is 11.3 Å². The van der Waals surface area contributed by atoms with Gasteiger partial charge in [-0.15, -0.1) is 0 Å². The Morgan fingerprint density at radius 1 is 1.06 bits per heavy atom. The van der Waals surface area contributed by atoms with Gasteiger partial charge in [0, 0.05) is 13.7 Å². The maximum atomic E-state index is 5.42. The first kappa shape index (κ1) is 15.6. The van der Waals surface area contributed by atoms with Crippen molar-refractivity contribution in [3.63, 3.8) is 0 Å². The van der Waals surface area contributed by atoms with Gasteiger partial charge in [-0.05, 0) is 35.4 Å². The van der Waals surface area contributed by atoms with Crippen LogP contribution in [0.1, 0.15) is 5.56 Å². The second-order valence-corrected chi connectivity index (χ2v) is 4.63. The van der Waals surface area contributed by atoms with E-state index in [-0.39, 0.29) is 0 Å². The van der Waals surface area contributed by atoms with Gasteiger partial charge in [-0.2, -0.15) is 11.3 Å². The van der Waals surface area contributed by atoms with Crippen molar-refractivity contribution < 1.29 is 14.2 Å². The highest BCUT2D eigenvalue weighted by atomic mass is 32.1. The lowest BCUT2D eigenvalue weighted by Crippen LogP contribution is -2.23. The van der Waals surface area contributed by atoms with Gasteiger partial charge in [0.05, 0.1) is 33.0 Å². The molecule has 5 heteroatoms. The Bertz CT molecular complexity index is 267. The van der Waals surface area contributed by atoms with Gasteiger partial charge in [-0.25, -0.2) is 0 Å². The summed E-state index contributed by atoms with van der Waals surface area (Å²) < 4.78 is 15.6. The molecule has 1 aromatic rings. The second-order valence-electron chi connectivity index (χ2n) is 3.85. The van der Waals surface area contributed by atoms with E-state index < -0.39 is 0 Å². The van der Waals surface area contributed by atoms with Crippen molar-refractivity contribution in [2.75, 3.05) is 53.2 Å². The van der Waals surface area contributed by atoms with Crippen LogP contribution in [0.5, 0.6) is 0 Å². The third-order valence-corrected chi connectivity index (χ3v) is 3.13. The lowest BCUT2D eigenvalue weighted by molar-refractivity contribution is 0.0256. The minimum atomic E-state index is 0.637. The third kappa shape index (κ3) is 8.60. The lowest BCUT2D eigenvalue weighted by atomic mass is 10.2. The molecule has 0 aliphatic rings. The Kier molecular flexibility index (Phi) is 10.1. The van der Waals surface area contributed by atoms with Crippen molar-refractivity contribution in [2.24, 2.45) is 0 Å². The molecule has 0 amide bonds. The van der Waals surface area contributed by atoms with Gasteiger partial charge in [0.25, 0.3) is 0 Å². The van der Waals surface area contributed by atoms with Gasteiger partial charge in [-0.1, -0.05) is 0 Å². The highest BCUT2D eigenvalue weighted by Crippen LogP contribution is 2.05. The van der Waals surface area contributed by atoms with Crippen molar-refractivity contribution in [2.45, 2.75) is 6.42 Å². The largest absolute Gasteiger partial charge is 0.382 e. The molecule has 0 aromatic carbocycles. The molecule has 0 saturated heterocycles. The Hall–Kier alpha value is -0.460. The van der Waals surface area contributed by atoms with Gasteiger partial charge in [-0.3, -0.25) is 0 Å². The number of ether oxygens (including phenoxy) is 3. The maximum absolute atomic E-state index is 5.42. The Labute approximate surface area is 113 Å². The fourth-order valence-electron chi connectivity index (χ4n) is 1.40. The number of methoxy groups -OCH3 is 1. The van der Waals surface area contributed by atoms with E-state index >= 15 is 0 Å². The van der Waals surface area contributed by atoms with Crippen LogP contribution in [-0.2, 0) is 20.6 Å². The first-order chi connectivity index (χ1) is 8.93. The number of rotatable bonds is 12. The molecule has 1 aromatic heterocycles. The summed E-state index contributed by atoms with van der Waals surface area (Å²) in [6.07, 6.45) is 1.09. The minimum Gasteiger partial charge on any atom is -0.382 e. The molecule has 4 nitrogen and oxygen atoms in total. The maximum Gasteiger partial charge on any atom is 0.0701 e. The Morgan fingerprint density at radius 3 is 2.56 bits per heavy atom. The molecule has 1 heterocycles. The van der Waals surface area contributed by atoms with Gasteiger partial charge in [0.1, 0.15) is 0 Å². The van der Waals surface area contributed by atoms with E-state index in [9.17, 15) is 0 Å². The quantitative estimate of drug-likeness (QED) is 0.587. The Morgan fingerprint density at radius 2 is 1.83 bits per heavy atom. The van der Waals surface area contributed by atoms with E-state index in [0.717, 1.165) is 26.1 Å². The average molecular weight is 273 g/mol. The van der Waals surface area contributed by atoms with E-state index in [2.05, 4.69) is 22.1 Å². The summed E-state index contributed by atoms with van der Waals surface area (Å²) in [6.45, 7) is 5.20. The summed E-state index contributed by atoms with van der Waals surface area (Å²) in [5.74, 6) is 0. The average Bonchev–Trinajstić information content (AvgIpc) is 2.89. The van der Waals surface area contributed by atoms with E-state index in [1.807, 2.05) is 0 Å². The fourth-order valence-corrected chi connectivity index (χ4v) is 2.10. The van der Waals surface area contributed by atoms with E-state index in [1.54, 1.807) is 18.4 Å². The highest BCUT2D eigenvalue weighted by molar-refractivity contribution is 7.07. The molecule has 0 saturated carbocycles.